The normalized spacial score (nSPS) is 22.9. The molecule has 3 rings (SSSR count). The summed E-state index contributed by atoms with van der Waals surface area (Å²) in [5, 5.41) is 3.08. The predicted molar refractivity (Wildman–Crippen MR) is 99.9 cm³/mol. The first-order valence-corrected chi connectivity index (χ1v) is 9.38. The van der Waals surface area contributed by atoms with Gasteiger partial charge >= 0.3 is 6.03 Å². The van der Waals surface area contributed by atoms with Gasteiger partial charge in [0.2, 0.25) is 0 Å². The Bertz CT molecular complexity index is 602. The number of amides is 2. The number of ether oxygens (including phenoxy) is 1. The van der Waals surface area contributed by atoms with Gasteiger partial charge in [-0.2, -0.15) is 0 Å². The molecule has 2 amide bonds. The molecule has 1 fully saturated rings. The highest BCUT2D eigenvalue weighted by atomic mass is 16.5. The molecule has 1 heterocycles. The number of aryl methyl sites for hydroxylation is 1. The van der Waals surface area contributed by atoms with Crippen LogP contribution >= 0.6 is 0 Å². The maximum Gasteiger partial charge on any atom is 0.317 e. The van der Waals surface area contributed by atoms with E-state index in [4.69, 9.17) is 4.74 Å². The number of urea groups is 1. The van der Waals surface area contributed by atoms with Crippen molar-refractivity contribution in [3.05, 3.63) is 35.4 Å². The maximum atomic E-state index is 12.5. The van der Waals surface area contributed by atoms with Gasteiger partial charge in [-0.3, -0.25) is 4.90 Å². The van der Waals surface area contributed by atoms with E-state index in [1.807, 2.05) is 11.9 Å². The maximum absolute atomic E-state index is 12.5. The summed E-state index contributed by atoms with van der Waals surface area (Å²) < 4.78 is 5.73. The zero-order valence-electron chi connectivity index (χ0n) is 15.8. The number of carbonyl (C=O) groups excluding carboxylic acids is 1. The second-order valence-electron chi connectivity index (χ2n) is 7.89. The lowest BCUT2D eigenvalue weighted by Gasteiger charge is -2.38. The van der Waals surface area contributed by atoms with E-state index in [1.54, 1.807) is 0 Å². The van der Waals surface area contributed by atoms with Gasteiger partial charge in [0.25, 0.3) is 0 Å². The lowest BCUT2D eigenvalue weighted by molar-refractivity contribution is -0.0853. The van der Waals surface area contributed by atoms with E-state index in [-0.39, 0.29) is 17.7 Å². The van der Waals surface area contributed by atoms with Gasteiger partial charge in [-0.05, 0) is 44.2 Å². The number of nitrogens with one attached hydrogen (secondary N) is 1. The van der Waals surface area contributed by atoms with E-state index < -0.39 is 0 Å². The van der Waals surface area contributed by atoms with E-state index >= 15 is 0 Å². The predicted octanol–water partition coefficient (Wildman–Crippen LogP) is 2.30. The molecule has 0 bridgehead atoms. The summed E-state index contributed by atoms with van der Waals surface area (Å²) in [6.07, 6.45) is 3.05. The van der Waals surface area contributed by atoms with Crippen molar-refractivity contribution in [2.45, 2.75) is 44.8 Å². The average Bonchev–Trinajstić information content (AvgIpc) is 2.59. The van der Waals surface area contributed by atoms with E-state index in [0.717, 1.165) is 45.5 Å². The fraction of sp³-hybridized carbons (Fsp3) is 0.650. The second kappa shape index (κ2) is 7.75. The lowest BCUT2D eigenvalue weighted by Crippen LogP contribution is -2.51. The summed E-state index contributed by atoms with van der Waals surface area (Å²) in [5.74, 6) is 0. The number of hydrogen-bond acceptors (Lipinski definition) is 3. The summed E-state index contributed by atoms with van der Waals surface area (Å²) in [4.78, 5) is 16.7. The molecule has 0 aromatic heterocycles. The van der Waals surface area contributed by atoms with E-state index in [1.165, 1.54) is 11.1 Å². The highest BCUT2D eigenvalue weighted by Gasteiger charge is 2.27. The van der Waals surface area contributed by atoms with E-state index in [2.05, 4.69) is 48.3 Å². The minimum absolute atomic E-state index is 0.0388. The molecule has 1 N–H and O–H groups in total. The summed E-state index contributed by atoms with van der Waals surface area (Å²) >= 11 is 0. The van der Waals surface area contributed by atoms with Crippen molar-refractivity contribution in [3.8, 4) is 0 Å². The van der Waals surface area contributed by atoms with Crippen LogP contribution in [0.3, 0.4) is 0 Å². The Balaban J connectivity index is 1.44. The molecule has 1 atom stereocenters. The van der Waals surface area contributed by atoms with Crippen molar-refractivity contribution < 1.29 is 9.53 Å². The molecule has 0 saturated carbocycles. The molecular weight excluding hydrogens is 314 g/mol. The molecule has 5 nitrogen and oxygen atoms in total. The molecule has 0 spiro atoms. The van der Waals surface area contributed by atoms with Crippen LogP contribution in [0.4, 0.5) is 4.79 Å². The van der Waals surface area contributed by atoms with Crippen molar-refractivity contribution in [2.24, 2.45) is 0 Å². The van der Waals surface area contributed by atoms with Crippen molar-refractivity contribution in [3.63, 3.8) is 0 Å². The van der Waals surface area contributed by atoms with Crippen LogP contribution in [-0.2, 0) is 17.6 Å². The van der Waals surface area contributed by atoms with Gasteiger partial charge in [0, 0.05) is 39.3 Å². The Hall–Kier alpha value is -1.59. The largest absolute Gasteiger partial charge is 0.373 e. The smallest absolute Gasteiger partial charge is 0.317 e. The first kappa shape index (κ1) is 18.2. The molecule has 2 aliphatic rings. The zero-order chi connectivity index (χ0) is 17.9. The number of likely N-dealkylation sites (N-methyl/N-ethyl adjacent to an activating group) is 1. The van der Waals surface area contributed by atoms with Gasteiger partial charge < -0.3 is 15.0 Å². The third-order valence-electron chi connectivity index (χ3n) is 5.40. The number of carbonyl (C=O) groups is 1. The first-order chi connectivity index (χ1) is 11.9. The topological polar surface area (TPSA) is 44.8 Å². The standard InChI is InChI=1S/C20H31N3O2/c1-20(2)15-23(12-13-25-20)11-10-21-19(24)22(3)18-9-8-16-6-4-5-7-17(16)14-18/h4-7,18H,8-15H2,1-3H3,(H,21,24). The van der Waals surface area contributed by atoms with Gasteiger partial charge in [0.1, 0.15) is 0 Å². The van der Waals surface area contributed by atoms with E-state index in [9.17, 15) is 4.79 Å². The quantitative estimate of drug-likeness (QED) is 0.911. The van der Waals surface area contributed by atoms with Crippen LogP contribution in [0.15, 0.2) is 24.3 Å². The number of hydrogen-bond donors (Lipinski definition) is 1. The molecule has 0 radical (unpaired) electrons. The third kappa shape index (κ3) is 4.73. The minimum Gasteiger partial charge on any atom is -0.373 e. The number of morpholine rings is 1. The van der Waals surface area contributed by atoms with Crippen LogP contribution < -0.4 is 5.32 Å². The monoisotopic (exact) mass is 345 g/mol. The van der Waals surface area contributed by atoms with Crippen LogP contribution in [0.25, 0.3) is 0 Å². The van der Waals surface area contributed by atoms with Gasteiger partial charge in [-0.25, -0.2) is 4.79 Å². The molecule has 1 aromatic rings. The molecule has 1 aliphatic carbocycles. The van der Waals surface area contributed by atoms with Crippen LogP contribution in [0.1, 0.15) is 31.4 Å². The SMILES string of the molecule is CN(C(=O)NCCN1CCOC(C)(C)C1)C1CCc2ccccc2C1. The number of rotatable bonds is 4. The van der Waals surface area contributed by atoms with Crippen molar-refractivity contribution in [1.29, 1.82) is 0 Å². The highest BCUT2D eigenvalue weighted by molar-refractivity contribution is 5.74. The van der Waals surface area contributed by atoms with Crippen LogP contribution in [0.2, 0.25) is 0 Å². The van der Waals surface area contributed by atoms with Gasteiger partial charge in [-0.1, -0.05) is 24.3 Å². The van der Waals surface area contributed by atoms with Crippen molar-refractivity contribution in [1.82, 2.24) is 15.1 Å². The van der Waals surface area contributed by atoms with Crippen molar-refractivity contribution in [2.75, 3.05) is 39.8 Å². The Morgan fingerprint density at radius 3 is 2.88 bits per heavy atom. The Kier molecular flexibility index (Phi) is 5.64. The fourth-order valence-electron chi connectivity index (χ4n) is 3.93. The number of fused-ring (bicyclic) bond motifs is 1. The average molecular weight is 345 g/mol. The molecule has 25 heavy (non-hydrogen) atoms. The van der Waals surface area contributed by atoms with Gasteiger partial charge in [0.15, 0.2) is 0 Å². The van der Waals surface area contributed by atoms with Crippen LogP contribution in [-0.4, -0.2) is 67.3 Å². The molecule has 1 saturated heterocycles. The zero-order valence-corrected chi connectivity index (χ0v) is 15.8. The number of benzene rings is 1. The minimum atomic E-state index is -0.0888. The molecule has 1 unspecified atom stereocenters. The van der Waals surface area contributed by atoms with E-state index in [0.29, 0.717) is 6.54 Å². The molecular formula is C20H31N3O2. The Morgan fingerprint density at radius 1 is 1.36 bits per heavy atom. The summed E-state index contributed by atoms with van der Waals surface area (Å²) in [7, 11) is 1.92. The Labute approximate surface area is 151 Å². The second-order valence-corrected chi connectivity index (χ2v) is 7.89. The van der Waals surface area contributed by atoms with Crippen LogP contribution in [0.5, 0.6) is 0 Å². The summed E-state index contributed by atoms with van der Waals surface area (Å²) in [6.45, 7) is 8.41. The highest BCUT2D eigenvalue weighted by Crippen LogP contribution is 2.23. The molecule has 1 aliphatic heterocycles. The first-order valence-electron chi connectivity index (χ1n) is 9.38. The summed E-state index contributed by atoms with van der Waals surface area (Å²) in [6, 6.07) is 8.91. The number of nitrogens with zero attached hydrogens (tertiary/aromatic N) is 2. The molecule has 138 valence electrons. The molecule has 5 heteroatoms. The fourth-order valence-corrected chi connectivity index (χ4v) is 3.93. The van der Waals surface area contributed by atoms with Gasteiger partial charge in [-0.15, -0.1) is 0 Å². The molecule has 1 aromatic carbocycles. The third-order valence-corrected chi connectivity index (χ3v) is 5.40. The van der Waals surface area contributed by atoms with Gasteiger partial charge in [0.05, 0.1) is 12.2 Å². The summed E-state index contributed by atoms with van der Waals surface area (Å²) in [5.41, 5.74) is 2.73. The lowest BCUT2D eigenvalue weighted by atomic mass is 9.88. The van der Waals surface area contributed by atoms with Crippen molar-refractivity contribution >= 4 is 6.03 Å². The van der Waals surface area contributed by atoms with Crippen LogP contribution in [0, 0.1) is 0 Å². The Morgan fingerprint density at radius 2 is 2.12 bits per heavy atom.